The van der Waals surface area contributed by atoms with E-state index in [1.54, 1.807) is 7.11 Å². The van der Waals surface area contributed by atoms with Crippen LogP contribution in [0.2, 0.25) is 0 Å². The van der Waals surface area contributed by atoms with E-state index in [1.165, 1.54) is 11.8 Å². The van der Waals surface area contributed by atoms with Crippen molar-refractivity contribution in [3.8, 4) is 17.1 Å². The Hall–Kier alpha value is -2.06. The Labute approximate surface area is 144 Å². The molecule has 8 heteroatoms. The largest absolute Gasteiger partial charge is 0.497 e. The van der Waals surface area contributed by atoms with Gasteiger partial charge in [0.2, 0.25) is 5.91 Å². The minimum Gasteiger partial charge on any atom is -0.497 e. The zero-order chi connectivity index (χ0) is 16.9. The lowest BCUT2D eigenvalue weighted by molar-refractivity contribution is -0.115. The van der Waals surface area contributed by atoms with Crippen LogP contribution in [0.4, 0.5) is 0 Å². The van der Waals surface area contributed by atoms with Gasteiger partial charge in [-0.15, -0.1) is 10.2 Å². The van der Waals surface area contributed by atoms with E-state index in [4.69, 9.17) is 15.2 Å². The number of amides is 1. The summed E-state index contributed by atoms with van der Waals surface area (Å²) in [6.07, 6.45) is 2.22. The van der Waals surface area contributed by atoms with E-state index in [-0.39, 0.29) is 17.8 Å². The lowest BCUT2D eigenvalue weighted by atomic mass is 10.2. The van der Waals surface area contributed by atoms with Crippen molar-refractivity contribution in [1.82, 2.24) is 14.8 Å². The van der Waals surface area contributed by atoms with Crippen LogP contribution in [0.5, 0.6) is 5.75 Å². The van der Waals surface area contributed by atoms with Gasteiger partial charge in [-0.3, -0.25) is 9.36 Å². The third-order valence-electron chi connectivity index (χ3n) is 3.82. The smallest absolute Gasteiger partial charge is 0.227 e. The first-order valence-electron chi connectivity index (χ1n) is 7.77. The van der Waals surface area contributed by atoms with Crippen molar-refractivity contribution in [1.29, 1.82) is 0 Å². The number of nitrogens with zero attached hydrogens (tertiary/aromatic N) is 3. The predicted molar refractivity (Wildman–Crippen MR) is 90.9 cm³/mol. The van der Waals surface area contributed by atoms with Crippen molar-refractivity contribution in [3.63, 3.8) is 0 Å². The molecular formula is C16H20N4O3S. The Morgan fingerprint density at radius 3 is 2.83 bits per heavy atom. The Morgan fingerprint density at radius 2 is 2.21 bits per heavy atom. The molecule has 1 aromatic heterocycles. The molecule has 2 aromatic rings. The first kappa shape index (κ1) is 16.8. The lowest BCUT2D eigenvalue weighted by Crippen LogP contribution is -2.18. The van der Waals surface area contributed by atoms with Crippen LogP contribution < -0.4 is 10.5 Å². The second-order valence-electron chi connectivity index (χ2n) is 5.54. The van der Waals surface area contributed by atoms with E-state index in [0.29, 0.717) is 11.7 Å². The highest BCUT2D eigenvalue weighted by molar-refractivity contribution is 7.99. The fourth-order valence-corrected chi connectivity index (χ4v) is 3.33. The summed E-state index contributed by atoms with van der Waals surface area (Å²) in [6.45, 7) is 1.45. The Morgan fingerprint density at radius 1 is 1.42 bits per heavy atom. The highest BCUT2D eigenvalue weighted by Crippen LogP contribution is 2.27. The predicted octanol–water partition coefficient (Wildman–Crippen LogP) is 1.71. The normalized spacial score (nSPS) is 17.1. The van der Waals surface area contributed by atoms with Gasteiger partial charge in [-0.05, 0) is 37.1 Å². The molecule has 7 nitrogen and oxygen atoms in total. The van der Waals surface area contributed by atoms with E-state index in [2.05, 4.69) is 10.2 Å². The number of carbonyl (C=O) groups is 1. The third-order valence-corrected chi connectivity index (χ3v) is 4.81. The molecule has 1 aliphatic rings. The number of hydrogen-bond donors (Lipinski definition) is 1. The van der Waals surface area contributed by atoms with Gasteiger partial charge in [-0.1, -0.05) is 11.8 Å². The SMILES string of the molecule is COc1ccc(-c2nnc(SCC(N)=O)n2C[C@H]2CCCO2)cc1. The summed E-state index contributed by atoms with van der Waals surface area (Å²) in [5, 5.41) is 9.21. The van der Waals surface area contributed by atoms with Gasteiger partial charge >= 0.3 is 0 Å². The average molecular weight is 348 g/mol. The van der Waals surface area contributed by atoms with E-state index in [0.717, 1.165) is 36.6 Å². The summed E-state index contributed by atoms with van der Waals surface area (Å²) < 4.78 is 12.9. The summed E-state index contributed by atoms with van der Waals surface area (Å²) in [7, 11) is 1.63. The molecule has 0 aliphatic carbocycles. The van der Waals surface area contributed by atoms with Crippen LogP contribution in [-0.4, -0.2) is 46.2 Å². The van der Waals surface area contributed by atoms with Crippen LogP contribution in [0.3, 0.4) is 0 Å². The first-order valence-corrected chi connectivity index (χ1v) is 8.76. The van der Waals surface area contributed by atoms with Gasteiger partial charge in [-0.2, -0.15) is 0 Å². The number of rotatable bonds is 7. The molecule has 1 amide bonds. The molecule has 0 radical (unpaired) electrons. The third kappa shape index (κ3) is 3.88. The summed E-state index contributed by atoms with van der Waals surface area (Å²) >= 11 is 1.30. The zero-order valence-corrected chi connectivity index (χ0v) is 14.3. The molecule has 0 bridgehead atoms. The molecule has 1 aliphatic heterocycles. The molecule has 1 saturated heterocycles. The average Bonchev–Trinajstić information content (AvgIpc) is 3.23. The maximum absolute atomic E-state index is 11.1. The van der Waals surface area contributed by atoms with E-state index in [1.807, 2.05) is 28.8 Å². The summed E-state index contributed by atoms with van der Waals surface area (Å²) in [6, 6.07) is 7.65. The van der Waals surface area contributed by atoms with Crippen LogP contribution in [0.15, 0.2) is 29.4 Å². The molecule has 0 saturated carbocycles. The number of hydrogen-bond acceptors (Lipinski definition) is 6. The molecule has 3 rings (SSSR count). The van der Waals surface area contributed by atoms with E-state index in [9.17, 15) is 4.79 Å². The zero-order valence-electron chi connectivity index (χ0n) is 13.5. The van der Waals surface area contributed by atoms with Crippen molar-refractivity contribution < 1.29 is 14.3 Å². The number of thioether (sulfide) groups is 1. The van der Waals surface area contributed by atoms with E-state index >= 15 is 0 Å². The molecule has 0 spiro atoms. The van der Waals surface area contributed by atoms with Crippen molar-refractivity contribution in [3.05, 3.63) is 24.3 Å². The molecule has 0 unspecified atom stereocenters. The maximum atomic E-state index is 11.1. The van der Waals surface area contributed by atoms with Gasteiger partial charge in [0.25, 0.3) is 0 Å². The Balaban J connectivity index is 1.89. The molecule has 1 aromatic carbocycles. The van der Waals surface area contributed by atoms with Crippen LogP contribution in [0.25, 0.3) is 11.4 Å². The number of ether oxygens (including phenoxy) is 2. The Bertz CT molecular complexity index is 696. The molecule has 128 valence electrons. The van der Waals surface area contributed by atoms with Crippen molar-refractivity contribution in [2.45, 2.75) is 30.6 Å². The van der Waals surface area contributed by atoms with Crippen LogP contribution in [0.1, 0.15) is 12.8 Å². The number of methoxy groups -OCH3 is 1. The van der Waals surface area contributed by atoms with Gasteiger partial charge in [0.15, 0.2) is 11.0 Å². The standard InChI is InChI=1S/C16H20N4O3S/c1-22-12-6-4-11(5-7-12)15-18-19-16(24-10-14(17)21)20(15)9-13-3-2-8-23-13/h4-7,13H,2-3,8-10H2,1H3,(H2,17,21)/t13-/m1/s1. The fourth-order valence-electron chi connectivity index (χ4n) is 2.64. The number of primary amides is 1. The van der Waals surface area contributed by atoms with Crippen molar-refractivity contribution in [2.75, 3.05) is 19.5 Å². The Kier molecular flexibility index (Phi) is 5.37. The quantitative estimate of drug-likeness (QED) is 0.766. The van der Waals surface area contributed by atoms with Crippen LogP contribution in [-0.2, 0) is 16.1 Å². The van der Waals surface area contributed by atoms with Gasteiger partial charge < -0.3 is 15.2 Å². The number of nitrogens with two attached hydrogens (primary N) is 1. The fraction of sp³-hybridized carbons (Fsp3) is 0.438. The lowest BCUT2D eigenvalue weighted by Gasteiger charge is -2.14. The molecule has 24 heavy (non-hydrogen) atoms. The first-order chi connectivity index (χ1) is 11.7. The highest BCUT2D eigenvalue weighted by Gasteiger charge is 2.22. The van der Waals surface area contributed by atoms with Gasteiger partial charge in [0, 0.05) is 12.2 Å². The highest BCUT2D eigenvalue weighted by atomic mass is 32.2. The van der Waals surface area contributed by atoms with Crippen LogP contribution in [0, 0.1) is 0 Å². The summed E-state index contributed by atoms with van der Waals surface area (Å²) in [4.78, 5) is 11.1. The van der Waals surface area contributed by atoms with Gasteiger partial charge in [0.05, 0.1) is 25.5 Å². The number of benzene rings is 1. The van der Waals surface area contributed by atoms with Crippen molar-refractivity contribution >= 4 is 17.7 Å². The monoisotopic (exact) mass is 348 g/mol. The molecular weight excluding hydrogens is 328 g/mol. The molecule has 1 fully saturated rings. The topological polar surface area (TPSA) is 92.3 Å². The summed E-state index contributed by atoms with van der Waals surface area (Å²) in [5.41, 5.74) is 6.19. The second kappa shape index (κ2) is 7.67. The van der Waals surface area contributed by atoms with Gasteiger partial charge in [0.1, 0.15) is 5.75 Å². The molecule has 1 atom stereocenters. The molecule has 2 heterocycles. The van der Waals surface area contributed by atoms with E-state index < -0.39 is 0 Å². The van der Waals surface area contributed by atoms with Crippen LogP contribution >= 0.6 is 11.8 Å². The minimum absolute atomic E-state index is 0.144. The van der Waals surface area contributed by atoms with Crippen molar-refractivity contribution in [2.24, 2.45) is 5.73 Å². The minimum atomic E-state index is -0.377. The maximum Gasteiger partial charge on any atom is 0.227 e. The van der Waals surface area contributed by atoms with Gasteiger partial charge in [-0.25, -0.2) is 0 Å². The summed E-state index contributed by atoms with van der Waals surface area (Å²) in [5.74, 6) is 1.33. The number of carbonyl (C=O) groups excluding carboxylic acids is 1. The molecule has 2 N–H and O–H groups in total. The number of aromatic nitrogens is 3. The second-order valence-corrected chi connectivity index (χ2v) is 6.48.